The standard InChI is InChI=1S/C21H24N2O3/c1-22(12-13-24)19(25)15-21(14-16-8-4-3-5-9-16)17-10-6-7-11-18(17)23(2)20(21)26/h3-11,24H,12-15H2,1-2H3. The minimum Gasteiger partial charge on any atom is -0.395 e. The zero-order valence-corrected chi connectivity index (χ0v) is 15.2. The molecule has 0 saturated carbocycles. The Morgan fingerprint density at radius 3 is 2.46 bits per heavy atom. The van der Waals surface area contributed by atoms with E-state index in [1.54, 1.807) is 19.0 Å². The third-order valence-corrected chi connectivity index (χ3v) is 5.16. The molecule has 0 fully saturated rings. The molecule has 26 heavy (non-hydrogen) atoms. The van der Waals surface area contributed by atoms with Crippen molar-refractivity contribution in [2.24, 2.45) is 0 Å². The summed E-state index contributed by atoms with van der Waals surface area (Å²) < 4.78 is 0. The fourth-order valence-electron chi connectivity index (χ4n) is 3.73. The number of nitrogens with zero attached hydrogens (tertiary/aromatic N) is 2. The number of amides is 2. The number of benzene rings is 2. The van der Waals surface area contributed by atoms with E-state index in [9.17, 15) is 9.59 Å². The molecule has 136 valence electrons. The molecule has 0 aromatic heterocycles. The molecule has 5 heteroatoms. The van der Waals surface area contributed by atoms with Crippen LogP contribution in [0.4, 0.5) is 5.69 Å². The highest BCUT2D eigenvalue weighted by Crippen LogP contribution is 2.45. The van der Waals surface area contributed by atoms with E-state index in [1.807, 2.05) is 54.6 Å². The highest BCUT2D eigenvalue weighted by Gasteiger charge is 2.51. The molecule has 1 heterocycles. The zero-order valence-electron chi connectivity index (χ0n) is 15.2. The summed E-state index contributed by atoms with van der Waals surface area (Å²) in [4.78, 5) is 29.2. The van der Waals surface area contributed by atoms with Gasteiger partial charge in [0.1, 0.15) is 0 Å². The molecule has 2 amide bonds. The first-order valence-electron chi connectivity index (χ1n) is 8.76. The maximum absolute atomic E-state index is 13.3. The van der Waals surface area contributed by atoms with Gasteiger partial charge in [0.05, 0.1) is 12.0 Å². The summed E-state index contributed by atoms with van der Waals surface area (Å²) in [7, 11) is 3.42. The van der Waals surface area contributed by atoms with Gasteiger partial charge < -0.3 is 14.9 Å². The van der Waals surface area contributed by atoms with Crippen molar-refractivity contribution in [2.75, 3.05) is 32.1 Å². The molecule has 1 atom stereocenters. The van der Waals surface area contributed by atoms with Crippen molar-refractivity contribution in [3.05, 3.63) is 65.7 Å². The molecule has 0 spiro atoms. The van der Waals surface area contributed by atoms with Crippen LogP contribution in [0.5, 0.6) is 0 Å². The zero-order chi connectivity index (χ0) is 18.7. The predicted molar refractivity (Wildman–Crippen MR) is 101 cm³/mol. The van der Waals surface area contributed by atoms with Crippen LogP contribution in [0.1, 0.15) is 17.5 Å². The van der Waals surface area contributed by atoms with Crippen molar-refractivity contribution >= 4 is 17.5 Å². The molecule has 0 bridgehead atoms. The van der Waals surface area contributed by atoms with Crippen LogP contribution in [0.25, 0.3) is 0 Å². The van der Waals surface area contributed by atoms with Crippen molar-refractivity contribution < 1.29 is 14.7 Å². The Morgan fingerprint density at radius 1 is 1.12 bits per heavy atom. The van der Waals surface area contributed by atoms with Gasteiger partial charge in [0, 0.05) is 32.7 Å². The Balaban J connectivity index is 2.05. The van der Waals surface area contributed by atoms with Crippen molar-refractivity contribution in [1.29, 1.82) is 0 Å². The van der Waals surface area contributed by atoms with Crippen LogP contribution in [0, 0.1) is 0 Å². The van der Waals surface area contributed by atoms with Crippen LogP contribution in [-0.2, 0) is 21.4 Å². The molecule has 0 saturated heterocycles. The molecule has 1 aliphatic heterocycles. The molecule has 1 N–H and O–H groups in total. The van der Waals surface area contributed by atoms with Crippen molar-refractivity contribution in [3.8, 4) is 0 Å². The maximum atomic E-state index is 13.3. The third kappa shape index (κ3) is 3.10. The van der Waals surface area contributed by atoms with Gasteiger partial charge in [-0.15, -0.1) is 0 Å². The van der Waals surface area contributed by atoms with E-state index in [-0.39, 0.29) is 31.4 Å². The number of rotatable bonds is 6. The van der Waals surface area contributed by atoms with E-state index in [0.717, 1.165) is 16.8 Å². The Kier molecular flexibility index (Phi) is 5.09. The summed E-state index contributed by atoms with van der Waals surface area (Å²) in [6.45, 7) is 0.157. The number of fused-ring (bicyclic) bond motifs is 1. The second-order valence-electron chi connectivity index (χ2n) is 6.84. The molecule has 0 radical (unpaired) electrons. The average Bonchev–Trinajstić information content (AvgIpc) is 2.85. The quantitative estimate of drug-likeness (QED) is 0.865. The average molecular weight is 352 g/mol. The molecule has 2 aromatic carbocycles. The van der Waals surface area contributed by atoms with Gasteiger partial charge in [-0.3, -0.25) is 9.59 Å². The van der Waals surface area contributed by atoms with E-state index in [2.05, 4.69) is 0 Å². The number of hydrogen-bond donors (Lipinski definition) is 1. The van der Waals surface area contributed by atoms with Crippen LogP contribution in [-0.4, -0.2) is 49.1 Å². The summed E-state index contributed by atoms with van der Waals surface area (Å²) in [5.74, 6) is -0.207. The lowest BCUT2D eigenvalue weighted by molar-refractivity contribution is -0.135. The summed E-state index contributed by atoms with van der Waals surface area (Å²) >= 11 is 0. The topological polar surface area (TPSA) is 60.9 Å². The van der Waals surface area contributed by atoms with Gasteiger partial charge in [0.25, 0.3) is 0 Å². The van der Waals surface area contributed by atoms with Gasteiger partial charge in [0.15, 0.2) is 0 Å². The number of carbonyl (C=O) groups excluding carboxylic acids is 2. The van der Waals surface area contributed by atoms with Crippen molar-refractivity contribution in [3.63, 3.8) is 0 Å². The largest absolute Gasteiger partial charge is 0.395 e. The molecular weight excluding hydrogens is 328 g/mol. The molecule has 0 aliphatic carbocycles. The predicted octanol–water partition coefficient (Wildman–Crippen LogP) is 1.98. The Hall–Kier alpha value is -2.66. The second kappa shape index (κ2) is 7.30. The van der Waals surface area contributed by atoms with E-state index in [0.29, 0.717) is 6.42 Å². The lowest BCUT2D eigenvalue weighted by Gasteiger charge is -2.30. The number of carbonyl (C=O) groups is 2. The number of aliphatic hydroxyl groups excluding tert-OH is 1. The molecular formula is C21H24N2O3. The SMILES string of the molecule is CN(CCO)C(=O)CC1(Cc2ccccc2)C(=O)N(C)c2ccccc21. The van der Waals surface area contributed by atoms with Gasteiger partial charge in [-0.25, -0.2) is 0 Å². The van der Waals surface area contributed by atoms with Crippen molar-refractivity contribution in [1.82, 2.24) is 4.90 Å². The number of hydrogen-bond acceptors (Lipinski definition) is 3. The highest BCUT2D eigenvalue weighted by molar-refractivity contribution is 6.09. The molecule has 2 aromatic rings. The van der Waals surface area contributed by atoms with E-state index >= 15 is 0 Å². The number of anilines is 1. The van der Waals surface area contributed by atoms with E-state index in [1.165, 1.54) is 4.90 Å². The fraction of sp³-hybridized carbons (Fsp3) is 0.333. The third-order valence-electron chi connectivity index (χ3n) is 5.16. The number of para-hydroxylation sites is 1. The molecule has 3 rings (SSSR count). The monoisotopic (exact) mass is 352 g/mol. The normalized spacial score (nSPS) is 18.7. The first-order chi connectivity index (χ1) is 12.5. The minimum atomic E-state index is -0.923. The van der Waals surface area contributed by atoms with Crippen LogP contribution >= 0.6 is 0 Å². The summed E-state index contributed by atoms with van der Waals surface area (Å²) in [5.41, 5.74) is 1.84. The smallest absolute Gasteiger partial charge is 0.238 e. The first-order valence-corrected chi connectivity index (χ1v) is 8.76. The Bertz CT molecular complexity index is 806. The first kappa shape index (κ1) is 18.1. The van der Waals surface area contributed by atoms with Gasteiger partial charge in [0.2, 0.25) is 11.8 Å². The van der Waals surface area contributed by atoms with Crippen LogP contribution in [0.2, 0.25) is 0 Å². The van der Waals surface area contributed by atoms with E-state index < -0.39 is 5.41 Å². The Morgan fingerprint density at radius 2 is 1.77 bits per heavy atom. The van der Waals surface area contributed by atoms with Gasteiger partial charge in [-0.05, 0) is 23.6 Å². The van der Waals surface area contributed by atoms with Gasteiger partial charge in [-0.2, -0.15) is 0 Å². The van der Waals surface area contributed by atoms with Crippen LogP contribution < -0.4 is 4.90 Å². The summed E-state index contributed by atoms with van der Waals surface area (Å²) in [5, 5.41) is 9.13. The van der Waals surface area contributed by atoms with Gasteiger partial charge >= 0.3 is 0 Å². The number of likely N-dealkylation sites (N-methyl/N-ethyl adjacent to an activating group) is 2. The van der Waals surface area contributed by atoms with Crippen molar-refractivity contribution in [2.45, 2.75) is 18.3 Å². The molecule has 1 unspecified atom stereocenters. The fourth-order valence-corrected chi connectivity index (χ4v) is 3.73. The summed E-state index contributed by atoms with van der Waals surface area (Å²) in [6, 6.07) is 17.5. The second-order valence-corrected chi connectivity index (χ2v) is 6.84. The summed E-state index contributed by atoms with van der Waals surface area (Å²) in [6.07, 6.45) is 0.547. The lowest BCUT2D eigenvalue weighted by atomic mass is 9.73. The Labute approximate surface area is 153 Å². The maximum Gasteiger partial charge on any atom is 0.238 e. The highest BCUT2D eigenvalue weighted by atomic mass is 16.3. The number of aliphatic hydroxyl groups is 1. The molecule has 5 nitrogen and oxygen atoms in total. The lowest BCUT2D eigenvalue weighted by Crippen LogP contribution is -2.45. The van der Waals surface area contributed by atoms with Crippen LogP contribution in [0.3, 0.4) is 0 Å². The van der Waals surface area contributed by atoms with Gasteiger partial charge in [-0.1, -0.05) is 48.5 Å². The minimum absolute atomic E-state index is 0.0618. The molecule has 1 aliphatic rings. The van der Waals surface area contributed by atoms with Crippen LogP contribution in [0.15, 0.2) is 54.6 Å². The van der Waals surface area contributed by atoms with E-state index in [4.69, 9.17) is 5.11 Å².